The number of anilines is 1. The predicted molar refractivity (Wildman–Crippen MR) is 166 cm³/mol. The molecule has 52 heavy (non-hydrogen) atoms. The number of rotatable bonds is 13. The number of imidazole rings is 1. The largest absolute Gasteiger partial charge is 1.00 e. The van der Waals surface area contributed by atoms with Gasteiger partial charge in [0.1, 0.15) is 42.4 Å². The fourth-order valence-electron chi connectivity index (χ4n) is 5.29. The van der Waals surface area contributed by atoms with E-state index >= 15 is 0 Å². The first-order valence-electron chi connectivity index (χ1n) is 14.8. The Morgan fingerprint density at radius 3 is 2.23 bits per heavy atom. The number of aliphatic hydroxyl groups is 4. The van der Waals surface area contributed by atoms with Crippen LogP contribution in [-0.2, 0) is 32.0 Å². The minimum atomic E-state index is -5.74. The van der Waals surface area contributed by atoms with Gasteiger partial charge in [-0.25, -0.2) is 19.3 Å². The SMILES string of the molecule is NC(=O)c1ccc[n+]([C@@H]2O[C@H](COP(=O)([O-])OP(=O)([O-])OC[C@H]3O[C@@H](n4c(Sc5ccccc5)nc5c(N)ncnc54)[C@H](O)[C@@H]3O)[C@@H](O)[C@H]2O)c1.[Na+]. The Bertz CT molecular complexity index is 2000. The van der Waals surface area contributed by atoms with Crippen LogP contribution in [0.2, 0.25) is 0 Å². The molecule has 1 amide bonds. The number of hydrogen-bond acceptors (Lipinski definition) is 19. The Labute approximate surface area is 320 Å². The van der Waals surface area contributed by atoms with Crippen molar-refractivity contribution in [2.45, 2.75) is 59.1 Å². The second-order valence-electron chi connectivity index (χ2n) is 11.2. The van der Waals surface area contributed by atoms with Crippen LogP contribution in [0.1, 0.15) is 22.8 Å². The molecule has 0 radical (unpaired) electrons. The van der Waals surface area contributed by atoms with Crippen LogP contribution in [0.15, 0.2) is 71.2 Å². The van der Waals surface area contributed by atoms with Gasteiger partial charge in [0.05, 0.1) is 13.2 Å². The molecule has 2 aliphatic heterocycles. The maximum atomic E-state index is 12.5. The number of ether oxygens (including phenoxy) is 2. The molecular weight excluding hydrogens is 763 g/mol. The van der Waals surface area contributed by atoms with Crippen molar-refractivity contribution in [1.82, 2.24) is 19.5 Å². The number of carbonyl (C=O) groups is 1. The fraction of sp³-hybridized carbons (Fsp3) is 0.370. The Kier molecular flexibility index (Phi) is 12.9. The zero-order valence-electron chi connectivity index (χ0n) is 26.9. The van der Waals surface area contributed by atoms with Gasteiger partial charge in [-0.15, -0.1) is 0 Å². The van der Waals surface area contributed by atoms with E-state index in [1.165, 1.54) is 33.7 Å². The molecule has 21 nitrogen and oxygen atoms in total. The summed E-state index contributed by atoms with van der Waals surface area (Å²) in [5.41, 5.74) is 11.6. The van der Waals surface area contributed by atoms with Gasteiger partial charge in [-0.2, -0.15) is 4.57 Å². The van der Waals surface area contributed by atoms with Crippen LogP contribution in [0, 0.1) is 0 Å². The number of aliphatic hydroxyl groups excluding tert-OH is 4. The molecule has 0 spiro atoms. The first-order chi connectivity index (χ1) is 24.1. The third kappa shape index (κ3) is 8.91. The molecule has 10 atom stereocenters. The average Bonchev–Trinajstić information content (AvgIpc) is 3.69. The number of nitrogen functional groups attached to an aromatic ring is 1. The number of phosphoric acid groups is 2. The van der Waals surface area contributed by atoms with Crippen LogP contribution in [0.5, 0.6) is 0 Å². The molecule has 1 aromatic carbocycles. The quantitative estimate of drug-likeness (QED) is 0.0419. The van der Waals surface area contributed by atoms with Crippen LogP contribution in [0.3, 0.4) is 0 Å². The third-order valence-electron chi connectivity index (χ3n) is 7.75. The number of benzene rings is 1. The summed E-state index contributed by atoms with van der Waals surface area (Å²) in [5, 5.41) is 42.8. The van der Waals surface area contributed by atoms with Gasteiger partial charge in [0.2, 0.25) is 0 Å². The molecule has 6 rings (SSSR count). The molecule has 4 aromatic rings. The number of carbonyl (C=O) groups excluding carboxylic acids is 1. The summed E-state index contributed by atoms with van der Waals surface area (Å²) in [7, 11) is -11.5. The van der Waals surface area contributed by atoms with Gasteiger partial charge in [0, 0.05) is 11.0 Å². The van der Waals surface area contributed by atoms with Gasteiger partial charge in [-0.05, 0) is 18.2 Å². The number of pyridine rings is 1. The normalized spacial score (nSPS) is 28.3. The molecule has 25 heteroatoms. The molecule has 274 valence electrons. The molecule has 8 N–H and O–H groups in total. The summed E-state index contributed by atoms with van der Waals surface area (Å²) in [6, 6.07) is 11.8. The number of primary amides is 1. The molecule has 0 aliphatic carbocycles. The van der Waals surface area contributed by atoms with Crippen molar-refractivity contribution in [3.63, 3.8) is 0 Å². The summed E-state index contributed by atoms with van der Waals surface area (Å²) >= 11 is 1.15. The second-order valence-corrected chi connectivity index (χ2v) is 15.2. The van der Waals surface area contributed by atoms with Gasteiger partial charge >= 0.3 is 29.6 Å². The van der Waals surface area contributed by atoms with E-state index < -0.39 is 83.8 Å². The van der Waals surface area contributed by atoms with E-state index in [0.29, 0.717) is 0 Å². The van der Waals surface area contributed by atoms with E-state index in [1.54, 1.807) is 24.3 Å². The van der Waals surface area contributed by atoms with Crippen molar-refractivity contribution in [3.8, 4) is 0 Å². The van der Waals surface area contributed by atoms with Crippen LogP contribution < -0.4 is 55.4 Å². The molecular formula is C27H30N7NaO14P2S. The first kappa shape index (κ1) is 40.7. The second kappa shape index (κ2) is 16.5. The van der Waals surface area contributed by atoms with E-state index in [0.717, 1.165) is 23.0 Å². The third-order valence-corrected chi connectivity index (χ3v) is 11.3. The van der Waals surface area contributed by atoms with Gasteiger partial charge in [0.15, 0.2) is 46.9 Å². The fourth-order valence-corrected chi connectivity index (χ4v) is 8.24. The Morgan fingerprint density at radius 2 is 1.58 bits per heavy atom. The van der Waals surface area contributed by atoms with E-state index in [9.17, 15) is 44.1 Å². The van der Waals surface area contributed by atoms with Crippen molar-refractivity contribution >= 4 is 50.3 Å². The van der Waals surface area contributed by atoms with E-state index in [4.69, 9.17) is 20.9 Å². The predicted octanol–water partition coefficient (Wildman–Crippen LogP) is -5.12. The van der Waals surface area contributed by atoms with Crippen molar-refractivity contribution in [2.24, 2.45) is 5.73 Å². The maximum absolute atomic E-state index is 12.5. The number of phosphoric ester groups is 2. The molecule has 2 unspecified atom stereocenters. The molecule has 3 aromatic heterocycles. The number of nitrogens with zero attached hydrogens (tertiary/aromatic N) is 5. The van der Waals surface area contributed by atoms with Crippen molar-refractivity contribution in [2.75, 3.05) is 18.9 Å². The number of nitrogens with two attached hydrogens (primary N) is 2. The molecule has 5 heterocycles. The van der Waals surface area contributed by atoms with Crippen molar-refractivity contribution in [1.29, 1.82) is 0 Å². The molecule has 2 fully saturated rings. The molecule has 2 saturated heterocycles. The van der Waals surface area contributed by atoms with Crippen molar-refractivity contribution in [3.05, 3.63) is 66.7 Å². The Morgan fingerprint density at radius 1 is 0.942 bits per heavy atom. The minimum Gasteiger partial charge on any atom is -0.756 e. The Balaban J connectivity index is 0.00000523. The number of amides is 1. The molecule has 0 saturated carbocycles. The standard InChI is InChI=1S/C27H31N7O14P2S.Na/c28-22-17-24(31-12-30-22)34(27(32-17)51-14-6-2-1-3-7-14)26-21(38)19(36)16(47-26)11-45-50(42,43)48-49(40,41)44-10-15-18(35)20(37)25(46-15)33-8-4-5-13(9-33)23(29)39;/h1-9,12,15-16,18-21,25-26,35-38H,10-11H2,(H5-,28,29,30,31,39,40,41,42,43);/q;+1/p-1/t15-,16-,18-,19-,20-,21-,25-,26-;/m1./s1. The van der Waals surface area contributed by atoms with Gasteiger partial charge < -0.3 is 60.2 Å². The summed E-state index contributed by atoms with van der Waals surface area (Å²) < 4.78 is 52.2. The molecule has 2 aliphatic rings. The summed E-state index contributed by atoms with van der Waals surface area (Å²) in [6.45, 7) is -2.01. The number of fused-ring (bicyclic) bond motifs is 1. The summed E-state index contributed by atoms with van der Waals surface area (Å²) in [6.07, 6.45) is -8.73. The van der Waals surface area contributed by atoms with Gasteiger partial charge in [0.25, 0.3) is 27.8 Å². The van der Waals surface area contributed by atoms with Crippen LogP contribution in [0.25, 0.3) is 11.2 Å². The number of hydrogen-bond donors (Lipinski definition) is 6. The maximum Gasteiger partial charge on any atom is 1.00 e. The first-order valence-corrected chi connectivity index (χ1v) is 18.6. The van der Waals surface area contributed by atoms with E-state index in [1.807, 2.05) is 6.07 Å². The van der Waals surface area contributed by atoms with Crippen LogP contribution >= 0.6 is 27.4 Å². The van der Waals surface area contributed by atoms with E-state index in [2.05, 4.69) is 28.3 Å². The Hall–Kier alpha value is -2.44. The number of aromatic nitrogens is 5. The van der Waals surface area contributed by atoms with Gasteiger partial charge in [-0.3, -0.25) is 18.5 Å². The molecule has 0 bridgehead atoms. The minimum absolute atomic E-state index is 0. The van der Waals surface area contributed by atoms with Crippen LogP contribution in [-0.4, -0.2) is 95.7 Å². The summed E-state index contributed by atoms with van der Waals surface area (Å²) in [4.78, 5) is 49.8. The monoisotopic (exact) mass is 793 g/mol. The summed E-state index contributed by atoms with van der Waals surface area (Å²) in [5.74, 6) is -0.760. The topological polar surface area (TPSA) is 324 Å². The zero-order chi connectivity index (χ0) is 36.7. The average molecular weight is 794 g/mol. The van der Waals surface area contributed by atoms with E-state index in [-0.39, 0.29) is 57.3 Å². The smallest absolute Gasteiger partial charge is 0.756 e. The van der Waals surface area contributed by atoms with Gasteiger partial charge in [-0.1, -0.05) is 30.0 Å². The zero-order valence-corrected chi connectivity index (χ0v) is 31.5. The van der Waals surface area contributed by atoms with Crippen LogP contribution in [0.4, 0.5) is 5.82 Å². The van der Waals surface area contributed by atoms with Crippen molar-refractivity contribution < 1.29 is 101 Å².